The third-order valence-electron chi connectivity index (χ3n) is 5.10. The summed E-state index contributed by atoms with van der Waals surface area (Å²) in [5, 5.41) is 1.26. The van der Waals surface area contributed by atoms with Gasteiger partial charge in [0.05, 0.1) is 5.69 Å². The van der Waals surface area contributed by atoms with Gasteiger partial charge in [-0.3, -0.25) is 4.98 Å². The zero-order valence-corrected chi connectivity index (χ0v) is 17.4. The minimum atomic E-state index is 0.130. The first-order chi connectivity index (χ1) is 12.8. The molecule has 136 valence electrons. The number of pyridine rings is 1. The van der Waals surface area contributed by atoms with Gasteiger partial charge in [0.25, 0.3) is 0 Å². The fourth-order valence-corrected chi connectivity index (χ4v) is 4.72. The molecule has 2 aromatic carbocycles. The molecular weight excluding hydrogens is 346 g/mol. The van der Waals surface area contributed by atoms with Gasteiger partial charge < -0.3 is 0 Å². The third-order valence-corrected chi connectivity index (χ3v) is 6.40. The van der Waals surface area contributed by atoms with Gasteiger partial charge in [0.2, 0.25) is 0 Å². The van der Waals surface area contributed by atoms with E-state index >= 15 is 0 Å². The molecule has 2 heterocycles. The standard InChI is InChI=1S/C25H25NS/c1-16-11-19(13-20(12-16)25(3,4)5)22-14-23-21(15-26-22)17(2)24(27-23)18-9-7-6-8-10-18/h6-15H,1-5H3. The fraction of sp³-hybridized carbons (Fsp3) is 0.240. The van der Waals surface area contributed by atoms with Crippen LogP contribution in [0.4, 0.5) is 0 Å². The van der Waals surface area contributed by atoms with Crippen molar-refractivity contribution in [2.24, 2.45) is 0 Å². The summed E-state index contributed by atoms with van der Waals surface area (Å²) < 4.78 is 1.30. The van der Waals surface area contributed by atoms with Crippen LogP contribution in [0.5, 0.6) is 0 Å². The molecule has 0 aliphatic rings. The van der Waals surface area contributed by atoms with E-state index in [0.717, 1.165) is 5.69 Å². The Morgan fingerprint density at radius 3 is 2.30 bits per heavy atom. The number of thiophene rings is 1. The molecule has 0 atom stereocenters. The molecule has 0 N–H and O–H groups in total. The van der Waals surface area contributed by atoms with Gasteiger partial charge in [-0.1, -0.05) is 62.7 Å². The van der Waals surface area contributed by atoms with E-state index in [0.29, 0.717) is 0 Å². The maximum Gasteiger partial charge on any atom is 0.0716 e. The normalized spacial score (nSPS) is 11.9. The van der Waals surface area contributed by atoms with E-state index in [-0.39, 0.29) is 5.41 Å². The molecule has 1 nitrogen and oxygen atoms in total. The number of aromatic nitrogens is 1. The molecule has 0 bridgehead atoms. The van der Waals surface area contributed by atoms with Gasteiger partial charge in [0.1, 0.15) is 0 Å². The van der Waals surface area contributed by atoms with Crippen molar-refractivity contribution in [3.63, 3.8) is 0 Å². The van der Waals surface area contributed by atoms with Crippen LogP contribution in [0.1, 0.15) is 37.5 Å². The second-order valence-electron chi connectivity index (χ2n) is 8.33. The van der Waals surface area contributed by atoms with E-state index in [1.54, 1.807) is 0 Å². The quantitative estimate of drug-likeness (QED) is 0.354. The van der Waals surface area contributed by atoms with Crippen LogP contribution in [0.25, 0.3) is 31.8 Å². The molecule has 0 amide bonds. The van der Waals surface area contributed by atoms with E-state index in [4.69, 9.17) is 4.98 Å². The van der Waals surface area contributed by atoms with E-state index in [1.807, 2.05) is 17.5 Å². The molecule has 0 unspecified atom stereocenters. The highest BCUT2D eigenvalue weighted by Crippen LogP contribution is 2.39. The van der Waals surface area contributed by atoms with E-state index in [2.05, 4.69) is 89.2 Å². The SMILES string of the molecule is Cc1cc(-c2cc3sc(-c4ccccc4)c(C)c3cn2)cc(C(C)(C)C)c1. The molecule has 0 aliphatic carbocycles. The number of benzene rings is 2. The average Bonchev–Trinajstić information content (AvgIpc) is 2.97. The Balaban J connectivity index is 1.85. The molecule has 27 heavy (non-hydrogen) atoms. The number of aryl methyl sites for hydroxylation is 2. The fourth-order valence-electron chi connectivity index (χ4n) is 3.50. The molecule has 0 aliphatic heterocycles. The number of hydrogen-bond acceptors (Lipinski definition) is 2. The summed E-state index contributed by atoms with van der Waals surface area (Å²) >= 11 is 1.86. The molecule has 2 heteroatoms. The number of hydrogen-bond donors (Lipinski definition) is 0. The topological polar surface area (TPSA) is 12.9 Å². The Bertz CT molecular complexity index is 1110. The number of nitrogens with zero attached hydrogens (tertiary/aromatic N) is 1. The number of rotatable bonds is 2. The van der Waals surface area contributed by atoms with Crippen LogP contribution in [-0.2, 0) is 5.41 Å². The Morgan fingerprint density at radius 2 is 1.59 bits per heavy atom. The second-order valence-corrected chi connectivity index (χ2v) is 9.38. The number of fused-ring (bicyclic) bond motifs is 1. The smallest absolute Gasteiger partial charge is 0.0716 e. The predicted molar refractivity (Wildman–Crippen MR) is 119 cm³/mol. The minimum Gasteiger partial charge on any atom is -0.256 e. The largest absolute Gasteiger partial charge is 0.256 e. The molecule has 0 spiro atoms. The van der Waals surface area contributed by atoms with Crippen molar-refractivity contribution in [2.45, 2.75) is 40.0 Å². The van der Waals surface area contributed by atoms with E-state index < -0.39 is 0 Å². The highest BCUT2D eigenvalue weighted by Gasteiger charge is 2.16. The average molecular weight is 372 g/mol. The Kier molecular flexibility index (Phi) is 4.39. The summed E-state index contributed by atoms with van der Waals surface area (Å²) in [6.45, 7) is 11.2. The molecular formula is C25H25NS. The van der Waals surface area contributed by atoms with Gasteiger partial charge in [-0.25, -0.2) is 0 Å². The Morgan fingerprint density at radius 1 is 0.852 bits per heavy atom. The lowest BCUT2D eigenvalue weighted by atomic mass is 9.85. The highest BCUT2D eigenvalue weighted by atomic mass is 32.1. The molecule has 0 radical (unpaired) electrons. The summed E-state index contributed by atoms with van der Waals surface area (Å²) in [6.07, 6.45) is 2.04. The van der Waals surface area contributed by atoms with Gasteiger partial charge in [0.15, 0.2) is 0 Å². The molecule has 0 fully saturated rings. The lowest BCUT2D eigenvalue weighted by Gasteiger charge is -2.20. The van der Waals surface area contributed by atoms with Crippen molar-refractivity contribution in [1.29, 1.82) is 0 Å². The van der Waals surface area contributed by atoms with Crippen LogP contribution in [-0.4, -0.2) is 4.98 Å². The summed E-state index contributed by atoms with van der Waals surface area (Å²) in [6, 6.07) is 19.7. The first-order valence-electron chi connectivity index (χ1n) is 9.40. The van der Waals surface area contributed by atoms with Gasteiger partial charge in [-0.2, -0.15) is 0 Å². The summed E-state index contributed by atoms with van der Waals surface area (Å²) in [7, 11) is 0. The van der Waals surface area contributed by atoms with E-state index in [1.165, 1.54) is 42.8 Å². The van der Waals surface area contributed by atoms with Crippen molar-refractivity contribution >= 4 is 21.4 Å². The molecule has 0 saturated carbocycles. The van der Waals surface area contributed by atoms with Crippen LogP contribution in [0.15, 0.2) is 60.8 Å². The summed E-state index contributed by atoms with van der Waals surface area (Å²) in [5.41, 5.74) is 7.62. The van der Waals surface area contributed by atoms with Crippen LogP contribution in [0.3, 0.4) is 0 Å². The van der Waals surface area contributed by atoms with Gasteiger partial charge >= 0.3 is 0 Å². The second kappa shape index (κ2) is 6.61. The molecule has 0 saturated heterocycles. The van der Waals surface area contributed by atoms with Crippen molar-refractivity contribution < 1.29 is 0 Å². The predicted octanol–water partition coefficient (Wildman–Crippen LogP) is 7.54. The molecule has 4 rings (SSSR count). The molecule has 4 aromatic rings. The van der Waals surface area contributed by atoms with Gasteiger partial charge in [-0.05, 0) is 54.2 Å². The van der Waals surface area contributed by atoms with Crippen molar-refractivity contribution in [2.75, 3.05) is 0 Å². The van der Waals surface area contributed by atoms with Crippen molar-refractivity contribution in [1.82, 2.24) is 4.98 Å². The lowest BCUT2D eigenvalue weighted by Crippen LogP contribution is -2.11. The van der Waals surface area contributed by atoms with Gasteiger partial charge in [-0.15, -0.1) is 11.3 Å². The van der Waals surface area contributed by atoms with Crippen LogP contribution in [0.2, 0.25) is 0 Å². The highest BCUT2D eigenvalue weighted by molar-refractivity contribution is 7.22. The first-order valence-corrected chi connectivity index (χ1v) is 10.2. The monoisotopic (exact) mass is 371 g/mol. The first kappa shape index (κ1) is 17.9. The maximum atomic E-state index is 4.82. The van der Waals surface area contributed by atoms with Crippen LogP contribution >= 0.6 is 11.3 Å². The summed E-state index contributed by atoms with van der Waals surface area (Å²) in [5.74, 6) is 0. The minimum absolute atomic E-state index is 0.130. The zero-order chi connectivity index (χ0) is 19.2. The maximum absolute atomic E-state index is 4.82. The van der Waals surface area contributed by atoms with Crippen molar-refractivity contribution in [3.05, 3.63) is 77.5 Å². The van der Waals surface area contributed by atoms with Gasteiger partial charge in [0, 0.05) is 26.7 Å². The lowest BCUT2D eigenvalue weighted by molar-refractivity contribution is 0.590. The third kappa shape index (κ3) is 3.42. The Hall–Kier alpha value is -2.45. The zero-order valence-electron chi connectivity index (χ0n) is 16.6. The Labute approximate surface area is 165 Å². The van der Waals surface area contributed by atoms with Crippen LogP contribution < -0.4 is 0 Å². The van der Waals surface area contributed by atoms with Crippen molar-refractivity contribution in [3.8, 4) is 21.7 Å². The molecule has 2 aromatic heterocycles. The van der Waals surface area contributed by atoms with Crippen LogP contribution in [0, 0.1) is 13.8 Å². The van der Waals surface area contributed by atoms with E-state index in [9.17, 15) is 0 Å². The summed E-state index contributed by atoms with van der Waals surface area (Å²) in [4.78, 5) is 6.15.